The van der Waals surface area contributed by atoms with Gasteiger partial charge in [-0.2, -0.15) is 0 Å². The third-order valence-electron chi connectivity index (χ3n) is 4.89. The van der Waals surface area contributed by atoms with Crippen molar-refractivity contribution >= 4 is 16.8 Å². The number of likely N-dealkylation sites (N-methyl/N-ethyl adjacent to an activating group) is 1. The minimum atomic E-state index is -0.0555. The zero-order valence-corrected chi connectivity index (χ0v) is 15.0. The SMILES string of the molecule is CCOc1ccc2[nH]c(=O)c(CN3CC[C@H](N(C)C(C)=O)C3)cc2c1. The van der Waals surface area contributed by atoms with Crippen molar-refractivity contribution in [1.29, 1.82) is 0 Å². The van der Waals surface area contributed by atoms with Gasteiger partial charge in [0.05, 0.1) is 6.61 Å². The second-order valence-electron chi connectivity index (χ2n) is 6.61. The Labute approximate surface area is 147 Å². The molecule has 0 aliphatic carbocycles. The molecule has 3 rings (SSSR count). The Morgan fingerprint density at radius 3 is 2.92 bits per heavy atom. The van der Waals surface area contributed by atoms with E-state index in [9.17, 15) is 9.59 Å². The first-order valence-electron chi connectivity index (χ1n) is 8.72. The van der Waals surface area contributed by atoms with Crippen molar-refractivity contribution in [3.8, 4) is 5.75 Å². The van der Waals surface area contributed by atoms with Gasteiger partial charge in [-0.05, 0) is 37.6 Å². The van der Waals surface area contributed by atoms with Crippen molar-refractivity contribution in [2.75, 3.05) is 26.7 Å². The number of nitrogens with one attached hydrogen (secondary N) is 1. The molecule has 1 aromatic carbocycles. The molecule has 2 aromatic rings. The molecule has 1 aromatic heterocycles. The standard InChI is InChI=1S/C19H25N3O3/c1-4-25-17-5-6-18-14(10-17)9-15(19(24)20-18)11-22-8-7-16(12-22)21(3)13(2)23/h5-6,9-10,16H,4,7-8,11-12H2,1-3H3,(H,20,24)/t16-/m0/s1. The number of carbonyl (C=O) groups is 1. The molecule has 0 radical (unpaired) electrons. The summed E-state index contributed by atoms with van der Waals surface area (Å²) in [5.74, 6) is 0.885. The molecule has 6 heteroatoms. The highest BCUT2D eigenvalue weighted by molar-refractivity contribution is 5.80. The average Bonchev–Trinajstić information content (AvgIpc) is 3.04. The largest absolute Gasteiger partial charge is 0.494 e. The van der Waals surface area contributed by atoms with Crippen LogP contribution >= 0.6 is 0 Å². The second-order valence-corrected chi connectivity index (χ2v) is 6.61. The molecule has 1 atom stereocenters. The fourth-order valence-corrected chi connectivity index (χ4v) is 3.37. The fourth-order valence-electron chi connectivity index (χ4n) is 3.37. The van der Waals surface area contributed by atoms with E-state index in [1.54, 1.807) is 11.8 Å². The second kappa shape index (κ2) is 7.27. The van der Waals surface area contributed by atoms with E-state index in [0.717, 1.165) is 41.7 Å². The van der Waals surface area contributed by atoms with Gasteiger partial charge in [-0.3, -0.25) is 14.5 Å². The quantitative estimate of drug-likeness (QED) is 0.901. The van der Waals surface area contributed by atoms with E-state index in [0.29, 0.717) is 13.2 Å². The third kappa shape index (κ3) is 3.85. The van der Waals surface area contributed by atoms with Crippen LogP contribution < -0.4 is 10.3 Å². The van der Waals surface area contributed by atoms with Crippen LogP contribution in [0.4, 0.5) is 0 Å². The van der Waals surface area contributed by atoms with Crippen molar-refractivity contribution in [3.05, 3.63) is 40.2 Å². The first-order valence-corrected chi connectivity index (χ1v) is 8.72. The maximum Gasteiger partial charge on any atom is 0.252 e. The summed E-state index contributed by atoms with van der Waals surface area (Å²) < 4.78 is 5.54. The highest BCUT2D eigenvalue weighted by atomic mass is 16.5. The number of nitrogens with zero attached hydrogens (tertiary/aromatic N) is 2. The molecule has 1 saturated heterocycles. The number of carbonyl (C=O) groups excluding carboxylic acids is 1. The van der Waals surface area contributed by atoms with Crippen molar-refractivity contribution in [2.24, 2.45) is 0 Å². The Morgan fingerprint density at radius 1 is 1.40 bits per heavy atom. The maximum atomic E-state index is 12.4. The number of aromatic nitrogens is 1. The van der Waals surface area contributed by atoms with Crippen molar-refractivity contribution in [1.82, 2.24) is 14.8 Å². The lowest BCUT2D eigenvalue weighted by molar-refractivity contribution is -0.129. The van der Waals surface area contributed by atoms with Crippen molar-refractivity contribution < 1.29 is 9.53 Å². The third-order valence-corrected chi connectivity index (χ3v) is 4.89. The van der Waals surface area contributed by atoms with Crippen LogP contribution in [0, 0.1) is 0 Å². The molecular weight excluding hydrogens is 318 g/mol. The average molecular weight is 343 g/mol. The molecule has 1 fully saturated rings. The van der Waals surface area contributed by atoms with E-state index in [1.807, 2.05) is 38.2 Å². The predicted octanol–water partition coefficient (Wildman–Crippen LogP) is 1.98. The summed E-state index contributed by atoms with van der Waals surface area (Å²) in [6.07, 6.45) is 0.941. The number of amides is 1. The van der Waals surface area contributed by atoms with E-state index >= 15 is 0 Å². The number of rotatable bonds is 5. The highest BCUT2D eigenvalue weighted by Crippen LogP contribution is 2.21. The number of benzene rings is 1. The van der Waals surface area contributed by atoms with Crippen LogP contribution in [0.15, 0.2) is 29.1 Å². The number of hydrogen-bond donors (Lipinski definition) is 1. The molecule has 1 aliphatic rings. The van der Waals surface area contributed by atoms with E-state index < -0.39 is 0 Å². The van der Waals surface area contributed by atoms with Gasteiger partial charge < -0.3 is 14.6 Å². The molecule has 2 heterocycles. The number of aromatic amines is 1. The highest BCUT2D eigenvalue weighted by Gasteiger charge is 2.27. The van der Waals surface area contributed by atoms with Gasteiger partial charge >= 0.3 is 0 Å². The topological polar surface area (TPSA) is 65.6 Å². The summed E-state index contributed by atoms with van der Waals surface area (Å²) in [6.45, 7) is 6.43. The molecule has 1 aliphatic heterocycles. The summed E-state index contributed by atoms with van der Waals surface area (Å²) in [7, 11) is 1.84. The van der Waals surface area contributed by atoms with Crippen LogP contribution in [0.3, 0.4) is 0 Å². The number of pyridine rings is 1. The smallest absolute Gasteiger partial charge is 0.252 e. The summed E-state index contributed by atoms with van der Waals surface area (Å²) in [6, 6.07) is 7.86. The first-order chi connectivity index (χ1) is 12.0. The lowest BCUT2D eigenvalue weighted by Gasteiger charge is -2.23. The molecule has 0 unspecified atom stereocenters. The lowest BCUT2D eigenvalue weighted by atomic mass is 10.1. The Balaban J connectivity index is 1.78. The minimum absolute atomic E-state index is 0.0555. The Bertz CT molecular complexity index is 830. The van der Waals surface area contributed by atoms with Gasteiger partial charge in [-0.1, -0.05) is 0 Å². The van der Waals surface area contributed by atoms with Crippen LogP contribution in [0.25, 0.3) is 10.9 Å². The molecule has 134 valence electrons. The van der Waals surface area contributed by atoms with Gasteiger partial charge in [-0.25, -0.2) is 0 Å². The van der Waals surface area contributed by atoms with E-state index in [4.69, 9.17) is 4.74 Å². The van der Waals surface area contributed by atoms with E-state index in [2.05, 4.69) is 9.88 Å². The molecular formula is C19H25N3O3. The van der Waals surface area contributed by atoms with Gasteiger partial charge in [0.2, 0.25) is 5.91 Å². The van der Waals surface area contributed by atoms with Crippen LogP contribution in [0.2, 0.25) is 0 Å². The molecule has 0 saturated carbocycles. The summed E-state index contributed by atoms with van der Waals surface area (Å²) in [5, 5.41) is 0.970. The number of ether oxygens (including phenoxy) is 1. The lowest BCUT2D eigenvalue weighted by Crippen LogP contribution is -2.37. The minimum Gasteiger partial charge on any atom is -0.494 e. The Hall–Kier alpha value is -2.34. The van der Waals surface area contributed by atoms with Gasteiger partial charge in [0.15, 0.2) is 0 Å². The predicted molar refractivity (Wildman–Crippen MR) is 97.9 cm³/mol. The Kier molecular flexibility index (Phi) is 5.08. The van der Waals surface area contributed by atoms with Gasteiger partial charge in [0.1, 0.15) is 5.75 Å². The molecule has 1 N–H and O–H groups in total. The zero-order valence-electron chi connectivity index (χ0n) is 15.0. The molecule has 1 amide bonds. The fraction of sp³-hybridized carbons (Fsp3) is 0.474. The van der Waals surface area contributed by atoms with Crippen LogP contribution in [0.5, 0.6) is 5.75 Å². The monoisotopic (exact) mass is 343 g/mol. The van der Waals surface area contributed by atoms with Crippen LogP contribution in [-0.4, -0.2) is 53.5 Å². The number of H-pyrrole nitrogens is 1. The van der Waals surface area contributed by atoms with E-state index in [1.165, 1.54) is 0 Å². The normalized spacial score (nSPS) is 17.8. The maximum absolute atomic E-state index is 12.4. The summed E-state index contributed by atoms with van der Waals surface area (Å²) >= 11 is 0. The van der Waals surface area contributed by atoms with Crippen LogP contribution in [0.1, 0.15) is 25.8 Å². The molecule has 25 heavy (non-hydrogen) atoms. The number of hydrogen-bond acceptors (Lipinski definition) is 4. The van der Waals surface area contributed by atoms with Gasteiger partial charge in [0.25, 0.3) is 5.56 Å². The molecule has 0 bridgehead atoms. The number of likely N-dealkylation sites (tertiary alicyclic amines) is 1. The summed E-state index contributed by atoms with van der Waals surface area (Å²) in [4.78, 5) is 30.9. The van der Waals surface area contributed by atoms with Crippen molar-refractivity contribution in [3.63, 3.8) is 0 Å². The molecule has 0 spiro atoms. The Morgan fingerprint density at radius 2 is 2.20 bits per heavy atom. The van der Waals surface area contributed by atoms with Gasteiger partial charge in [-0.15, -0.1) is 0 Å². The summed E-state index contributed by atoms with van der Waals surface area (Å²) in [5.41, 5.74) is 1.50. The van der Waals surface area contributed by atoms with E-state index in [-0.39, 0.29) is 17.5 Å². The first kappa shape index (κ1) is 17.5. The molecule has 6 nitrogen and oxygen atoms in total. The van der Waals surface area contributed by atoms with Gasteiger partial charge in [0, 0.05) is 56.1 Å². The zero-order chi connectivity index (χ0) is 18.0. The van der Waals surface area contributed by atoms with Crippen LogP contribution in [-0.2, 0) is 11.3 Å². The number of fused-ring (bicyclic) bond motifs is 1. The van der Waals surface area contributed by atoms with Crippen molar-refractivity contribution in [2.45, 2.75) is 32.9 Å².